The summed E-state index contributed by atoms with van der Waals surface area (Å²) in [4.78, 5) is 28.8. The van der Waals surface area contributed by atoms with Crippen molar-refractivity contribution < 1.29 is 9.72 Å². The highest BCUT2D eigenvalue weighted by Crippen LogP contribution is 2.23. The highest BCUT2D eigenvalue weighted by molar-refractivity contribution is 7.11. The number of nitro groups is 1. The number of hydrogen-bond acceptors (Lipinski definition) is 6. The Hall–Kier alpha value is -3.26. The number of nitrogens with zero attached hydrogens (tertiary/aromatic N) is 3. The van der Waals surface area contributed by atoms with Gasteiger partial charge in [0.15, 0.2) is 10.6 Å². The average molecular weight is 396 g/mol. The Labute approximate surface area is 166 Å². The fourth-order valence-electron chi connectivity index (χ4n) is 2.86. The van der Waals surface area contributed by atoms with Crippen LogP contribution in [0.25, 0.3) is 0 Å². The molecule has 144 valence electrons. The van der Waals surface area contributed by atoms with Crippen molar-refractivity contribution >= 4 is 34.2 Å². The second kappa shape index (κ2) is 8.62. The number of benzene rings is 2. The summed E-state index contributed by atoms with van der Waals surface area (Å²) in [5.41, 5.74) is 2.15. The molecule has 7 nitrogen and oxygen atoms in total. The highest BCUT2D eigenvalue weighted by atomic mass is 32.1. The predicted octanol–water partition coefficient (Wildman–Crippen LogP) is 4.31. The number of hydrogen-bond donors (Lipinski definition) is 1. The molecular weight excluding hydrogens is 376 g/mol. The maximum Gasteiger partial charge on any atom is 0.292 e. The molecule has 3 rings (SSSR count). The van der Waals surface area contributed by atoms with Gasteiger partial charge in [0.25, 0.3) is 5.69 Å². The van der Waals surface area contributed by atoms with E-state index in [0.717, 1.165) is 16.2 Å². The summed E-state index contributed by atoms with van der Waals surface area (Å²) in [5, 5.41) is 14.3. The zero-order valence-electron chi connectivity index (χ0n) is 15.6. The Morgan fingerprint density at radius 3 is 2.54 bits per heavy atom. The van der Waals surface area contributed by atoms with Gasteiger partial charge in [-0.25, -0.2) is 4.99 Å². The molecule has 0 unspecified atom stereocenters. The third kappa shape index (κ3) is 4.34. The number of para-hydroxylation sites is 3. The zero-order valence-corrected chi connectivity index (χ0v) is 16.4. The minimum Gasteiger partial charge on any atom is -0.378 e. The molecular formula is C20H20N4O3S. The van der Waals surface area contributed by atoms with Crippen molar-refractivity contribution in [2.24, 2.45) is 4.99 Å². The molecule has 1 N–H and O–H groups in total. The van der Waals surface area contributed by atoms with Gasteiger partial charge in [-0.2, -0.15) is 0 Å². The van der Waals surface area contributed by atoms with E-state index >= 15 is 0 Å². The van der Waals surface area contributed by atoms with Crippen LogP contribution in [0, 0.1) is 17.0 Å². The molecule has 8 heteroatoms. The number of anilines is 1. The molecule has 0 aliphatic rings. The van der Waals surface area contributed by atoms with Gasteiger partial charge in [-0.15, -0.1) is 0 Å². The van der Waals surface area contributed by atoms with Gasteiger partial charge in [0.05, 0.1) is 15.5 Å². The van der Waals surface area contributed by atoms with Crippen LogP contribution in [0.2, 0.25) is 0 Å². The third-order valence-electron chi connectivity index (χ3n) is 4.21. The lowest BCUT2D eigenvalue weighted by atomic mass is 10.2. The predicted molar refractivity (Wildman–Crippen MR) is 110 cm³/mol. The van der Waals surface area contributed by atoms with Gasteiger partial charge in [-0.1, -0.05) is 41.7 Å². The van der Waals surface area contributed by atoms with Crippen LogP contribution in [-0.4, -0.2) is 21.8 Å². The molecule has 0 radical (unpaired) electrons. The number of rotatable bonds is 7. The zero-order chi connectivity index (χ0) is 20.1. The van der Waals surface area contributed by atoms with Crippen LogP contribution in [0.3, 0.4) is 0 Å². The van der Waals surface area contributed by atoms with Gasteiger partial charge in [0.2, 0.25) is 0 Å². The summed E-state index contributed by atoms with van der Waals surface area (Å²) < 4.78 is 1.97. The van der Waals surface area contributed by atoms with E-state index in [9.17, 15) is 14.9 Å². The topological polar surface area (TPSA) is 89.5 Å². The quantitative estimate of drug-likeness (QED) is 0.366. The fraction of sp³-hybridized carbons (Fsp3) is 0.200. The summed E-state index contributed by atoms with van der Waals surface area (Å²) in [6.07, 6.45) is 0. The largest absolute Gasteiger partial charge is 0.378 e. The normalized spacial score (nSPS) is 11.4. The summed E-state index contributed by atoms with van der Waals surface area (Å²) in [6, 6.07) is 16.1. The monoisotopic (exact) mass is 396 g/mol. The van der Waals surface area contributed by atoms with Crippen molar-refractivity contribution in [3.05, 3.63) is 80.1 Å². The number of nitrogens with one attached hydrogen (secondary N) is 1. The van der Waals surface area contributed by atoms with Crippen LogP contribution < -0.4 is 10.1 Å². The van der Waals surface area contributed by atoms with Crippen molar-refractivity contribution in [3.63, 3.8) is 0 Å². The van der Waals surface area contributed by atoms with Gasteiger partial charge in [0, 0.05) is 31.8 Å². The van der Waals surface area contributed by atoms with Gasteiger partial charge < -0.3 is 9.88 Å². The summed E-state index contributed by atoms with van der Waals surface area (Å²) in [7, 11) is 0. The molecule has 2 aromatic carbocycles. The Morgan fingerprint density at radius 1 is 1.18 bits per heavy atom. The van der Waals surface area contributed by atoms with Gasteiger partial charge in [-0.05, 0) is 25.1 Å². The van der Waals surface area contributed by atoms with Gasteiger partial charge in [-0.3, -0.25) is 14.9 Å². The maximum atomic E-state index is 12.0. The maximum absolute atomic E-state index is 12.0. The molecule has 0 saturated heterocycles. The van der Waals surface area contributed by atoms with E-state index in [1.807, 2.05) is 41.8 Å². The summed E-state index contributed by atoms with van der Waals surface area (Å²) in [5.74, 6) is -0.00239. The molecule has 0 bridgehead atoms. The first-order chi connectivity index (χ1) is 13.5. The number of aromatic nitrogens is 1. The SMILES string of the molecule is CC(=O)c1sc(=Nc2ccccc2)n(CCNc2ccccc2[N+](=O)[O-])c1C. The van der Waals surface area contributed by atoms with E-state index in [0.29, 0.717) is 23.7 Å². The van der Waals surface area contributed by atoms with Crippen LogP contribution in [0.1, 0.15) is 22.3 Å². The van der Waals surface area contributed by atoms with Crippen LogP contribution >= 0.6 is 11.3 Å². The lowest BCUT2D eigenvalue weighted by molar-refractivity contribution is -0.384. The lowest BCUT2D eigenvalue weighted by Gasteiger charge is -2.09. The van der Waals surface area contributed by atoms with Crippen LogP contribution in [0.5, 0.6) is 0 Å². The van der Waals surface area contributed by atoms with E-state index in [1.165, 1.54) is 17.4 Å². The van der Waals surface area contributed by atoms with Crippen LogP contribution in [0.4, 0.5) is 17.1 Å². The number of thiazole rings is 1. The minimum absolute atomic E-state index is 0.00239. The van der Waals surface area contributed by atoms with Crippen molar-refractivity contribution in [2.45, 2.75) is 20.4 Å². The molecule has 0 spiro atoms. The van der Waals surface area contributed by atoms with Crippen molar-refractivity contribution in [1.29, 1.82) is 0 Å². The number of carbonyl (C=O) groups excluding carboxylic acids is 1. The van der Waals surface area contributed by atoms with E-state index < -0.39 is 4.92 Å². The summed E-state index contributed by atoms with van der Waals surface area (Å²) >= 11 is 1.35. The van der Waals surface area contributed by atoms with Crippen LogP contribution in [-0.2, 0) is 6.54 Å². The molecule has 0 fully saturated rings. The Morgan fingerprint density at radius 2 is 1.86 bits per heavy atom. The lowest BCUT2D eigenvalue weighted by Crippen LogP contribution is -2.21. The molecule has 0 aliphatic heterocycles. The second-order valence-corrected chi connectivity index (χ2v) is 7.13. The molecule has 3 aromatic rings. The second-order valence-electron chi connectivity index (χ2n) is 6.16. The Balaban J connectivity index is 1.88. The van der Waals surface area contributed by atoms with E-state index in [4.69, 9.17) is 0 Å². The molecule has 0 amide bonds. The standard InChI is InChI=1S/C20H20N4O3S/c1-14-19(15(2)25)28-20(22-16-8-4-3-5-9-16)23(14)13-12-21-17-10-6-7-11-18(17)24(26)27/h3-11,21H,12-13H2,1-2H3. The third-order valence-corrected chi connectivity index (χ3v) is 5.49. The molecule has 1 aromatic heterocycles. The smallest absolute Gasteiger partial charge is 0.292 e. The first-order valence-corrected chi connectivity index (χ1v) is 9.57. The van der Waals surface area contributed by atoms with Crippen LogP contribution in [0.15, 0.2) is 59.6 Å². The van der Waals surface area contributed by atoms with Crippen molar-refractivity contribution in [3.8, 4) is 0 Å². The number of carbonyl (C=O) groups is 1. The molecule has 28 heavy (non-hydrogen) atoms. The molecule has 0 atom stereocenters. The Kier molecular flexibility index (Phi) is 6.00. The molecule has 0 saturated carbocycles. The van der Waals surface area contributed by atoms with E-state index in [-0.39, 0.29) is 11.5 Å². The number of nitro benzene ring substituents is 1. The first-order valence-electron chi connectivity index (χ1n) is 8.75. The summed E-state index contributed by atoms with van der Waals surface area (Å²) in [6.45, 7) is 4.42. The van der Waals surface area contributed by atoms with Crippen molar-refractivity contribution in [1.82, 2.24) is 4.57 Å². The van der Waals surface area contributed by atoms with Gasteiger partial charge >= 0.3 is 0 Å². The first kappa shape index (κ1) is 19.5. The fourth-order valence-corrected chi connectivity index (χ4v) is 3.93. The van der Waals surface area contributed by atoms with E-state index in [1.54, 1.807) is 25.1 Å². The van der Waals surface area contributed by atoms with E-state index in [2.05, 4.69) is 10.3 Å². The number of Topliss-reactive ketones (excluding diaryl/α,β-unsaturated/α-hetero) is 1. The highest BCUT2D eigenvalue weighted by Gasteiger charge is 2.15. The van der Waals surface area contributed by atoms with Crippen molar-refractivity contribution in [2.75, 3.05) is 11.9 Å². The van der Waals surface area contributed by atoms with Gasteiger partial charge in [0.1, 0.15) is 5.69 Å². The molecule has 0 aliphatic carbocycles. The molecule has 1 heterocycles. The Bertz CT molecular complexity index is 1070. The number of ketones is 1. The average Bonchev–Trinajstić information content (AvgIpc) is 2.99. The minimum atomic E-state index is -0.407.